The van der Waals surface area contributed by atoms with E-state index in [0.29, 0.717) is 36.1 Å². The summed E-state index contributed by atoms with van der Waals surface area (Å²) in [6.07, 6.45) is 0. The molecule has 0 unspecified atom stereocenters. The van der Waals surface area contributed by atoms with E-state index in [1.54, 1.807) is 54.2 Å². The van der Waals surface area contributed by atoms with E-state index in [1.165, 1.54) is 12.1 Å². The third-order valence-electron chi connectivity index (χ3n) is 4.89. The molecule has 9 heteroatoms. The fraction of sp³-hybridized carbons (Fsp3) is 0.208. The van der Waals surface area contributed by atoms with Gasteiger partial charge in [0.25, 0.3) is 10.0 Å². The van der Waals surface area contributed by atoms with Crippen molar-refractivity contribution in [2.75, 3.05) is 35.1 Å². The van der Waals surface area contributed by atoms with Gasteiger partial charge < -0.3 is 14.8 Å². The van der Waals surface area contributed by atoms with Gasteiger partial charge in [-0.15, -0.1) is 11.8 Å². The van der Waals surface area contributed by atoms with Gasteiger partial charge in [0.2, 0.25) is 5.91 Å². The number of hydrogen-bond acceptors (Lipinski definition) is 6. The van der Waals surface area contributed by atoms with Crippen LogP contribution in [-0.2, 0) is 14.8 Å². The number of nitrogens with zero attached hydrogens (tertiary/aromatic N) is 1. The molecule has 1 N–H and O–H groups in total. The number of rotatable bonds is 8. The molecule has 1 amide bonds. The zero-order chi connectivity index (χ0) is 23.3. The number of carbonyl (C=O) groups is 1. The first-order valence-electron chi connectivity index (χ1n) is 10.5. The number of sulfonamides is 1. The van der Waals surface area contributed by atoms with Gasteiger partial charge in [-0.3, -0.25) is 9.10 Å². The lowest BCUT2D eigenvalue weighted by Gasteiger charge is -2.26. The van der Waals surface area contributed by atoms with Crippen LogP contribution in [0, 0.1) is 0 Å². The Kier molecular flexibility index (Phi) is 7.10. The summed E-state index contributed by atoms with van der Waals surface area (Å²) in [6.45, 7) is 2.42. The average Bonchev–Trinajstić information content (AvgIpc) is 2.84. The zero-order valence-electron chi connectivity index (χ0n) is 18.1. The summed E-state index contributed by atoms with van der Waals surface area (Å²) >= 11 is 1.60. The maximum Gasteiger partial charge on any atom is 0.264 e. The van der Waals surface area contributed by atoms with Crippen LogP contribution < -0.4 is 19.1 Å². The van der Waals surface area contributed by atoms with Gasteiger partial charge in [0.1, 0.15) is 19.8 Å². The third-order valence-corrected chi connectivity index (χ3v) is 7.64. The van der Waals surface area contributed by atoms with E-state index in [-0.39, 0.29) is 4.90 Å². The van der Waals surface area contributed by atoms with Crippen LogP contribution in [0.25, 0.3) is 0 Å². The van der Waals surface area contributed by atoms with Gasteiger partial charge in [0.05, 0.1) is 16.3 Å². The molecule has 33 heavy (non-hydrogen) atoms. The SMILES string of the molecule is CCSc1ccccc1NC(=O)CN(c1ccc2c(c1)OCCO2)S(=O)(=O)c1ccccc1. The molecule has 1 aliphatic rings. The fourth-order valence-corrected chi connectivity index (χ4v) is 5.59. The van der Waals surface area contributed by atoms with E-state index in [4.69, 9.17) is 9.47 Å². The first kappa shape index (κ1) is 23.0. The Labute approximate surface area is 197 Å². The number of para-hydroxylation sites is 1. The van der Waals surface area contributed by atoms with E-state index < -0.39 is 22.5 Å². The van der Waals surface area contributed by atoms with Crippen molar-refractivity contribution in [3.05, 3.63) is 72.8 Å². The van der Waals surface area contributed by atoms with Crippen LogP contribution in [0.2, 0.25) is 0 Å². The summed E-state index contributed by atoms with van der Waals surface area (Å²) in [7, 11) is -4.02. The molecule has 7 nitrogen and oxygen atoms in total. The number of carbonyl (C=O) groups excluding carboxylic acids is 1. The minimum absolute atomic E-state index is 0.0922. The van der Waals surface area contributed by atoms with E-state index in [9.17, 15) is 13.2 Å². The second-order valence-electron chi connectivity index (χ2n) is 7.13. The number of anilines is 2. The van der Waals surface area contributed by atoms with Gasteiger partial charge in [0.15, 0.2) is 11.5 Å². The minimum atomic E-state index is -4.02. The number of nitrogens with one attached hydrogen (secondary N) is 1. The van der Waals surface area contributed by atoms with Crippen molar-refractivity contribution in [2.24, 2.45) is 0 Å². The Balaban J connectivity index is 1.67. The molecule has 0 spiro atoms. The summed E-state index contributed by atoms with van der Waals surface area (Å²) in [5.74, 6) is 1.38. The minimum Gasteiger partial charge on any atom is -0.486 e. The van der Waals surface area contributed by atoms with E-state index in [1.807, 2.05) is 25.1 Å². The first-order chi connectivity index (χ1) is 16.0. The van der Waals surface area contributed by atoms with Crippen molar-refractivity contribution in [2.45, 2.75) is 16.7 Å². The van der Waals surface area contributed by atoms with Crippen LogP contribution in [0.15, 0.2) is 82.6 Å². The van der Waals surface area contributed by atoms with Gasteiger partial charge >= 0.3 is 0 Å². The molecule has 4 rings (SSSR count). The molecular weight excluding hydrogens is 460 g/mol. The van der Waals surface area contributed by atoms with Crippen LogP contribution in [-0.4, -0.2) is 39.8 Å². The highest BCUT2D eigenvalue weighted by atomic mass is 32.2. The molecule has 1 aliphatic heterocycles. The highest BCUT2D eigenvalue weighted by Gasteiger charge is 2.28. The van der Waals surface area contributed by atoms with Gasteiger partial charge in [-0.1, -0.05) is 37.3 Å². The lowest BCUT2D eigenvalue weighted by Crippen LogP contribution is -2.38. The van der Waals surface area contributed by atoms with Crippen LogP contribution in [0.1, 0.15) is 6.92 Å². The predicted molar refractivity (Wildman–Crippen MR) is 130 cm³/mol. The highest BCUT2D eigenvalue weighted by molar-refractivity contribution is 7.99. The van der Waals surface area contributed by atoms with E-state index >= 15 is 0 Å². The molecule has 0 aliphatic carbocycles. The number of ether oxygens (including phenoxy) is 2. The second kappa shape index (κ2) is 10.2. The first-order valence-corrected chi connectivity index (χ1v) is 12.9. The number of thioether (sulfide) groups is 1. The van der Waals surface area contributed by atoms with Gasteiger partial charge in [-0.05, 0) is 42.2 Å². The van der Waals surface area contributed by atoms with Crippen molar-refractivity contribution in [1.82, 2.24) is 0 Å². The number of fused-ring (bicyclic) bond motifs is 1. The van der Waals surface area contributed by atoms with Crippen LogP contribution in [0.5, 0.6) is 11.5 Å². The van der Waals surface area contributed by atoms with Gasteiger partial charge in [0, 0.05) is 11.0 Å². The molecule has 0 bridgehead atoms. The second-order valence-corrected chi connectivity index (χ2v) is 10.3. The summed E-state index contributed by atoms with van der Waals surface area (Å²) in [4.78, 5) is 14.1. The van der Waals surface area contributed by atoms with E-state index in [2.05, 4.69) is 5.32 Å². The van der Waals surface area contributed by atoms with Gasteiger partial charge in [-0.2, -0.15) is 0 Å². The molecular formula is C24H24N2O5S2. The average molecular weight is 485 g/mol. The Bertz CT molecular complexity index is 1230. The summed E-state index contributed by atoms with van der Waals surface area (Å²) in [6, 6.07) is 20.3. The number of amides is 1. The molecule has 0 aromatic heterocycles. The maximum atomic E-state index is 13.5. The predicted octanol–water partition coefficient (Wildman–Crippen LogP) is 4.40. The smallest absolute Gasteiger partial charge is 0.264 e. The van der Waals surface area contributed by atoms with Crippen molar-refractivity contribution in [1.29, 1.82) is 0 Å². The Morgan fingerprint density at radius 2 is 1.67 bits per heavy atom. The Morgan fingerprint density at radius 1 is 0.970 bits per heavy atom. The van der Waals surface area contributed by atoms with Crippen molar-refractivity contribution in [3.8, 4) is 11.5 Å². The summed E-state index contributed by atoms with van der Waals surface area (Å²) < 4.78 is 39.3. The van der Waals surface area contributed by atoms with E-state index in [0.717, 1.165) is 15.0 Å². The molecule has 0 fully saturated rings. The zero-order valence-corrected chi connectivity index (χ0v) is 19.7. The van der Waals surface area contributed by atoms with Crippen LogP contribution in [0.4, 0.5) is 11.4 Å². The normalized spacial score (nSPS) is 12.8. The van der Waals surface area contributed by atoms with Crippen molar-refractivity contribution >= 4 is 39.1 Å². The Morgan fingerprint density at radius 3 is 2.42 bits per heavy atom. The quantitative estimate of drug-likeness (QED) is 0.477. The molecule has 1 heterocycles. The molecule has 3 aromatic carbocycles. The maximum absolute atomic E-state index is 13.5. The standard InChI is InChI=1S/C24H24N2O5S2/c1-2-32-23-11-7-6-10-20(23)25-24(27)17-26(33(28,29)19-8-4-3-5-9-19)18-12-13-21-22(16-18)31-15-14-30-21/h3-13,16H,2,14-15,17H2,1H3,(H,25,27). The molecule has 0 saturated heterocycles. The van der Waals surface area contributed by atoms with Crippen molar-refractivity contribution < 1.29 is 22.7 Å². The Hall–Kier alpha value is -3.17. The third kappa shape index (κ3) is 5.26. The summed E-state index contributed by atoms with van der Waals surface area (Å²) in [5.41, 5.74) is 0.961. The molecule has 0 radical (unpaired) electrons. The van der Waals surface area contributed by atoms with Crippen LogP contribution in [0.3, 0.4) is 0 Å². The largest absolute Gasteiger partial charge is 0.486 e. The highest BCUT2D eigenvalue weighted by Crippen LogP contribution is 2.36. The topological polar surface area (TPSA) is 84.9 Å². The lowest BCUT2D eigenvalue weighted by atomic mass is 10.2. The number of hydrogen-bond donors (Lipinski definition) is 1. The summed E-state index contributed by atoms with van der Waals surface area (Å²) in [5, 5.41) is 2.86. The van der Waals surface area contributed by atoms with Crippen LogP contribution >= 0.6 is 11.8 Å². The molecule has 0 atom stereocenters. The van der Waals surface area contributed by atoms with Gasteiger partial charge in [-0.25, -0.2) is 8.42 Å². The monoisotopic (exact) mass is 484 g/mol. The van der Waals surface area contributed by atoms with Crippen molar-refractivity contribution in [3.63, 3.8) is 0 Å². The number of benzene rings is 3. The molecule has 3 aromatic rings. The molecule has 172 valence electrons. The lowest BCUT2D eigenvalue weighted by molar-refractivity contribution is -0.114. The molecule has 0 saturated carbocycles. The fourth-order valence-electron chi connectivity index (χ4n) is 3.39.